The normalized spacial score (nSPS) is 39.3. The van der Waals surface area contributed by atoms with E-state index in [2.05, 4.69) is 0 Å². The first-order valence-corrected chi connectivity index (χ1v) is 5.16. The molecule has 0 radical (unpaired) electrons. The Labute approximate surface area is 91.8 Å². The average Bonchev–Trinajstić information content (AvgIpc) is 2.63. The fourth-order valence-electron chi connectivity index (χ4n) is 2.92. The highest BCUT2D eigenvalue weighted by atomic mass is 32.1. The monoisotopic (exact) mass is 217 g/mol. The van der Waals surface area contributed by atoms with Gasteiger partial charge in [-0.15, -0.1) is 0 Å². The Hall–Kier alpha value is -0.220. The first-order valence-electron chi connectivity index (χ1n) is 5.16. The van der Waals surface area contributed by atoms with E-state index in [4.69, 9.17) is 10.5 Å². The third-order valence-electron chi connectivity index (χ3n) is 3.54. The summed E-state index contributed by atoms with van der Waals surface area (Å²) in [5.41, 5.74) is 5.99. The zero-order chi connectivity index (χ0) is 9.42. The lowest BCUT2D eigenvalue weighted by Gasteiger charge is -2.25. The summed E-state index contributed by atoms with van der Waals surface area (Å²) in [5.74, 6) is 1.03. The lowest BCUT2D eigenvalue weighted by atomic mass is 9.85. The fraction of sp³-hybridized carbons (Fsp3) is 0.900. The Morgan fingerprint density at radius 2 is 2.07 bits per heavy atom. The fourth-order valence-corrected chi connectivity index (χ4v) is 2.92. The van der Waals surface area contributed by atoms with Crippen molar-refractivity contribution in [2.24, 2.45) is 23.5 Å². The number of rotatable bonds is 2. The summed E-state index contributed by atoms with van der Waals surface area (Å²) in [7, 11) is 0. The van der Waals surface area contributed by atoms with Crippen LogP contribution in [0.15, 0.2) is 0 Å². The van der Waals surface area contributed by atoms with E-state index >= 15 is 0 Å². The van der Waals surface area contributed by atoms with E-state index in [0.717, 1.165) is 6.42 Å². The van der Waals surface area contributed by atoms with Crippen LogP contribution in [0.25, 0.3) is 0 Å². The Kier molecular flexibility index (Phi) is 3.84. The molecule has 4 atom stereocenters. The number of hydrogen-bond donors (Lipinski definition) is 1. The smallest absolute Gasteiger partial charge is 0.310 e. The molecule has 2 fully saturated rings. The maximum Gasteiger partial charge on any atom is 0.310 e. The van der Waals surface area contributed by atoms with E-state index in [1.54, 1.807) is 0 Å². The number of hydrogen-bond acceptors (Lipinski definition) is 3. The van der Waals surface area contributed by atoms with Crippen LogP contribution in [0.5, 0.6) is 0 Å². The second-order valence-electron chi connectivity index (χ2n) is 4.19. The number of nitrogens with two attached hydrogens (primary N) is 1. The molecule has 2 saturated carbocycles. The van der Waals surface area contributed by atoms with Crippen molar-refractivity contribution in [2.45, 2.75) is 32.2 Å². The van der Waals surface area contributed by atoms with Crippen LogP contribution in [-0.4, -0.2) is 18.6 Å². The maximum atomic E-state index is 11.5. The Bertz CT molecular complexity index is 220. The maximum absolute atomic E-state index is 11.5. The van der Waals surface area contributed by atoms with Crippen molar-refractivity contribution in [1.29, 1.82) is 0 Å². The van der Waals surface area contributed by atoms with E-state index in [1.807, 2.05) is 6.92 Å². The van der Waals surface area contributed by atoms with Crippen molar-refractivity contribution in [1.82, 2.24) is 0 Å². The molecule has 3 nitrogen and oxygen atoms in total. The number of esters is 1. The molecule has 2 bridgehead atoms. The van der Waals surface area contributed by atoms with E-state index in [0.29, 0.717) is 18.4 Å². The molecule has 0 unspecified atom stereocenters. The predicted molar refractivity (Wildman–Crippen MR) is 59.3 cm³/mol. The Morgan fingerprint density at radius 3 is 2.57 bits per heavy atom. The zero-order valence-electron chi connectivity index (χ0n) is 8.53. The van der Waals surface area contributed by atoms with Gasteiger partial charge in [0.15, 0.2) is 0 Å². The number of carbonyl (C=O) groups is 1. The number of fused-ring (bicyclic) bond motifs is 2. The highest BCUT2D eigenvalue weighted by Crippen LogP contribution is 2.47. The van der Waals surface area contributed by atoms with Gasteiger partial charge in [-0.05, 0) is 38.0 Å². The van der Waals surface area contributed by atoms with Crippen molar-refractivity contribution in [2.75, 3.05) is 6.61 Å². The third-order valence-corrected chi connectivity index (χ3v) is 3.54. The predicted octanol–water partition coefficient (Wildman–Crippen LogP) is 1.04. The van der Waals surface area contributed by atoms with Gasteiger partial charge >= 0.3 is 5.97 Å². The lowest BCUT2D eigenvalue weighted by molar-refractivity contribution is -0.150. The van der Waals surface area contributed by atoms with E-state index in [-0.39, 0.29) is 31.4 Å². The number of ether oxygens (including phenoxy) is 1. The quantitative estimate of drug-likeness (QED) is 0.703. The van der Waals surface area contributed by atoms with Crippen molar-refractivity contribution in [3.05, 3.63) is 0 Å². The van der Waals surface area contributed by atoms with Crippen LogP contribution >= 0.6 is 13.5 Å². The van der Waals surface area contributed by atoms with Crippen LogP contribution in [0.2, 0.25) is 0 Å². The van der Waals surface area contributed by atoms with Crippen LogP contribution in [0.1, 0.15) is 26.2 Å². The van der Waals surface area contributed by atoms with Gasteiger partial charge in [0, 0.05) is 6.04 Å². The standard InChI is InChI=1S/C10H17NO2.H2S/c1-2-13-10(12)8-6-3-4-7(5-6)9(8)11;/h6-9H,2-5,11H2,1H3;1H2/t6-,7+,8+,9-;/m0./s1. The molecule has 0 heterocycles. The van der Waals surface area contributed by atoms with Crippen molar-refractivity contribution < 1.29 is 9.53 Å². The lowest BCUT2D eigenvalue weighted by Crippen LogP contribution is -2.41. The second kappa shape index (κ2) is 4.53. The molecule has 0 amide bonds. The van der Waals surface area contributed by atoms with Crippen LogP contribution in [0, 0.1) is 17.8 Å². The van der Waals surface area contributed by atoms with E-state index < -0.39 is 0 Å². The molecule has 2 rings (SSSR count). The minimum Gasteiger partial charge on any atom is -0.466 e. The molecule has 0 spiro atoms. The molecule has 4 heteroatoms. The molecule has 0 aromatic carbocycles. The summed E-state index contributed by atoms with van der Waals surface area (Å²) in [6, 6.07) is 0.0674. The van der Waals surface area contributed by atoms with Gasteiger partial charge < -0.3 is 10.5 Å². The van der Waals surface area contributed by atoms with Crippen molar-refractivity contribution in [3.8, 4) is 0 Å². The molecular weight excluding hydrogens is 198 g/mol. The molecular formula is C10H19NO2S. The van der Waals surface area contributed by atoms with Crippen molar-refractivity contribution in [3.63, 3.8) is 0 Å². The molecule has 2 aliphatic rings. The molecule has 2 N–H and O–H groups in total. The van der Waals surface area contributed by atoms with Gasteiger partial charge in [-0.25, -0.2) is 0 Å². The van der Waals surface area contributed by atoms with Gasteiger partial charge in [0.2, 0.25) is 0 Å². The molecule has 14 heavy (non-hydrogen) atoms. The minimum atomic E-state index is -0.0674. The van der Waals surface area contributed by atoms with E-state index in [9.17, 15) is 4.79 Å². The summed E-state index contributed by atoms with van der Waals surface area (Å²) in [6.07, 6.45) is 3.52. The SMILES string of the molecule is CCOC(=O)[C@@H]1[C@H]2CC[C@H](C2)[C@@H]1N.S. The second-order valence-corrected chi connectivity index (χ2v) is 4.19. The minimum absolute atomic E-state index is 0. The van der Waals surface area contributed by atoms with E-state index in [1.165, 1.54) is 12.8 Å². The number of carbonyl (C=O) groups excluding carboxylic acids is 1. The Balaban J connectivity index is 0.000000980. The van der Waals surface area contributed by atoms with Gasteiger partial charge in [0.25, 0.3) is 0 Å². The van der Waals surface area contributed by atoms with Crippen LogP contribution in [-0.2, 0) is 9.53 Å². The summed E-state index contributed by atoms with van der Waals surface area (Å²) >= 11 is 0. The highest BCUT2D eigenvalue weighted by Gasteiger charge is 2.49. The highest BCUT2D eigenvalue weighted by molar-refractivity contribution is 7.59. The molecule has 0 aromatic rings. The average molecular weight is 217 g/mol. The van der Waals surface area contributed by atoms with Crippen LogP contribution < -0.4 is 5.73 Å². The summed E-state index contributed by atoms with van der Waals surface area (Å²) < 4.78 is 5.03. The summed E-state index contributed by atoms with van der Waals surface area (Å²) in [6.45, 7) is 2.32. The summed E-state index contributed by atoms with van der Waals surface area (Å²) in [4.78, 5) is 11.5. The van der Waals surface area contributed by atoms with Gasteiger partial charge in [-0.1, -0.05) is 0 Å². The molecule has 0 saturated heterocycles. The van der Waals surface area contributed by atoms with Crippen LogP contribution in [0.3, 0.4) is 0 Å². The largest absolute Gasteiger partial charge is 0.466 e. The molecule has 0 aliphatic heterocycles. The van der Waals surface area contributed by atoms with Gasteiger partial charge in [-0.2, -0.15) is 13.5 Å². The van der Waals surface area contributed by atoms with Crippen LogP contribution in [0.4, 0.5) is 0 Å². The molecule has 82 valence electrons. The van der Waals surface area contributed by atoms with Gasteiger partial charge in [0.1, 0.15) is 0 Å². The Morgan fingerprint density at radius 1 is 1.43 bits per heavy atom. The first kappa shape index (κ1) is 11.9. The summed E-state index contributed by atoms with van der Waals surface area (Å²) in [5, 5.41) is 0. The molecule has 2 aliphatic carbocycles. The third kappa shape index (κ3) is 1.77. The topological polar surface area (TPSA) is 52.3 Å². The van der Waals surface area contributed by atoms with Gasteiger partial charge in [-0.3, -0.25) is 4.79 Å². The zero-order valence-corrected chi connectivity index (χ0v) is 9.53. The van der Waals surface area contributed by atoms with Crippen molar-refractivity contribution >= 4 is 19.5 Å². The first-order chi connectivity index (χ1) is 6.24. The van der Waals surface area contributed by atoms with Gasteiger partial charge in [0.05, 0.1) is 12.5 Å². The molecule has 0 aromatic heterocycles.